The van der Waals surface area contributed by atoms with Gasteiger partial charge in [0.15, 0.2) is 0 Å². The van der Waals surface area contributed by atoms with Crippen LogP contribution in [0.3, 0.4) is 0 Å². The predicted octanol–water partition coefficient (Wildman–Crippen LogP) is 1.56. The molecular formula is C14H13Br2N3O3. The molecule has 1 saturated carbocycles. The van der Waals surface area contributed by atoms with Crippen molar-refractivity contribution >= 4 is 48.5 Å². The smallest absolute Gasteiger partial charge is 0.275 e. The van der Waals surface area contributed by atoms with E-state index in [0.717, 1.165) is 9.15 Å². The Labute approximate surface area is 142 Å². The zero-order valence-corrected chi connectivity index (χ0v) is 14.6. The van der Waals surface area contributed by atoms with Crippen LogP contribution < -0.4 is 10.9 Å². The number of hydrogen-bond donors (Lipinski definition) is 2. The first-order valence-electron chi connectivity index (χ1n) is 6.77. The summed E-state index contributed by atoms with van der Waals surface area (Å²) < 4.78 is 2.50. The molecule has 2 N–H and O–H groups in total. The summed E-state index contributed by atoms with van der Waals surface area (Å²) in [5.41, 5.74) is -0.311. The molecule has 1 amide bonds. The van der Waals surface area contributed by atoms with Gasteiger partial charge in [0.1, 0.15) is 11.1 Å². The molecule has 2 aromatic rings. The summed E-state index contributed by atoms with van der Waals surface area (Å²) in [6.07, 6.45) is 0.784. The fourth-order valence-corrected chi connectivity index (χ4v) is 3.32. The SMILES string of the molecule is O=C(Cn1nc(Br)c2cc(Br)ccc2c1=O)NC1CC(O)C1. The highest BCUT2D eigenvalue weighted by molar-refractivity contribution is 9.11. The maximum atomic E-state index is 12.4. The summed E-state index contributed by atoms with van der Waals surface area (Å²) in [4.78, 5) is 24.4. The average molecular weight is 431 g/mol. The first-order chi connectivity index (χ1) is 10.4. The summed E-state index contributed by atoms with van der Waals surface area (Å²) in [5, 5.41) is 17.3. The summed E-state index contributed by atoms with van der Waals surface area (Å²) in [5.74, 6) is -0.283. The minimum Gasteiger partial charge on any atom is -0.393 e. The van der Waals surface area contributed by atoms with E-state index in [1.165, 1.54) is 0 Å². The molecule has 0 radical (unpaired) electrons. The van der Waals surface area contributed by atoms with Crippen molar-refractivity contribution in [3.05, 3.63) is 37.6 Å². The highest BCUT2D eigenvalue weighted by atomic mass is 79.9. The Morgan fingerprint density at radius 3 is 2.77 bits per heavy atom. The van der Waals surface area contributed by atoms with E-state index >= 15 is 0 Å². The van der Waals surface area contributed by atoms with Gasteiger partial charge in [-0.1, -0.05) is 15.9 Å². The standard InChI is InChI=1S/C14H13Br2N3O3/c15-7-1-2-10-11(3-7)13(16)18-19(14(10)22)6-12(21)17-8-4-9(20)5-8/h1-3,8-9,20H,4-6H2,(H,17,21). The molecule has 8 heteroatoms. The van der Waals surface area contributed by atoms with E-state index in [9.17, 15) is 14.7 Å². The van der Waals surface area contributed by atoms with Crippen LogP contribution in [-0.2, 0) is 11.3 Å². The van der Waals surface area contributed by atoms with Crippen molar-refractivity contribution in [3.8, 4) is 0 Å². The van der Waals surface area contributed by atoms with Crippen LogP contribution in [0.25, 0.3) is 10.8 Å². The number of carbonyl (C=O) groups is 1. The average Bonchev–Trinajstić information content (AvgIpc) is 2.43. The van der Waals surface area contributed by atoms with Gasteiger partial charge >= 0.3 is 0 Å². The highest BCUT2D eigenvalue weighted by Gasteiger charge is 2.28. The maximum Gasteiger partial charge on any atom is 0.275 e. The topological polar surface area (TPSA) is 84.2 Å². The summed E-state index contributed by atoms with van der Waals surface area (Å²) in [7, 11) is 0. The van der Waals surface area contributed by atoms with Crippen molar-refractivity contribution in [1.29, 1.82) is 0 Å². The van der Waals surface area contributed by atoms with Gasteiger partial charge in [0.2, 0.25) is 5.91 Å². The maximum absolute atomic E-state index is 12.4. The minimum atomic E-state index is -0.334. The number of benzene rings is 1. The Morgan fingerprint density at radius 1 is 1.36 bits per heavy atom. The number of carbonyl (C=O) groups excluding carboxylic acids is 1. The first-order valence-corrected chi connectivity index (χ1v) is 8.36. The van der Waals surface area contributed by atoms with E-state index in [2.05, 4.69) is 42.3 Å². The molecule has 1 aliphatic rings. The van der Waals surface area contributed by atoms with Gasteiger partial charge in [0.05, 0.1) is 11.5 Å². The Bertz CT molecular complexity index is 800. The Hall–Kier alpha value is -1.25. The molecule has 0 bridgehead atoms. The number of fused-ring (bicyclic) bond motifs is 1. The quantitative estimate of drug-likeness (QED) is 0.773. The van der Waals surface area contributed by atoms with Gasteiger partial charge in [-0.15, -0.1) is 0 Å². The van der Waals surface area contributed by atoms with E-state index in [0.29, 0.717) is 28.2 Å². The normalized spacial score (nSPS) is 20.7. The molecule has 3 rings (SSSR count). The molecule has 1 heterocycles. The van der Waals surface area contributed by atoms with Crippen molar-refractivity contribution < 1.29 is 9.90 Å². The molecular weight excluding hydrogens is 418 g/mol. The number of aliphatic hydroxyl groups excluding tert-OH is 1. The van der Waals surface area contributed by atoms with Crippen LogP contribution in [0, 0.1) is 0 Å². The largest absolute Gasteiger partial charge is 0.393 e. The lowest BCUT2D eigenvalue weighted by molar-refractivity contribution is -0.123. The fourth-order valence-electron chi connectivity index (χ4n) is 2.44. The van der Waals surface area contributed by atoms with Crippen LogP contribution in [0.1, 0.15) is 12.8 Å². The van der Waals surface area contributed by atoms with Crippen molar-refractivity contribution in [2.75, 3.05) is 0 Å². The second-order valence-electron chi connectivity index (χ2n) is 5.33. The van der Waals surface area contributed by atoms with Crippen LogP contribution in [0.5, 0.6) is 0 Å². The second-order valence-corrected chi connectivity index (χ2v) is 7.00. The molecule has 116 valence electrons. The zero-order chi connectivity index (χ0) is 15.9. The van der Waals surface area contributed by atoms with Gasteiger partial charge in [0, 0.05) is 15.9 Å². The molecule has 1 aromatic heterocycles. The molecule has 22 heavy (non-hydrogen) atoms. The predicted molar refractivity (Wildman–Crippen MR) is 88.6 cm³/mol. The Balaban J connectivity index is 1.85. The number of nitrogens with one attached hydrogen (secondary N) is 1. The Morgan fingerprint density at radius 2 is 2.09 bits per heavy atom. The number of rotatable bonds is 3. The number of aliphatic hydroxyl groups is 1. The zero-order valence-electron chi connectivity index (χ0n) is 11.4. The number of nitrogens with zero attached hydrogens (tertiary/aromatic N) is 2. The van der Waals surface area contributed by atoms with Crippen LogP contribution in [0.15, 0.2) is 32.1 Å². The van der Waals surface area contributed by atoms with E-state index in [4.69, 9.17) is 0 Å². The molecule has 0 saturated heterocycles. The van der Waals surface area contributed by atoms with E-state index < -0.39 is 0 Å². The summed E-state index contributed by atoms with van der Waals surface area (Å²) in [6, 6.07) is 5.26. The third-order valence-electron chi connectivity index (χ3n) is 3.65. The molecule has 1 aromatic carbocycles. The summed E-state index contributed by atoms with van der Waals surface area (Å²) in [6.45, 7) is -0.143. The monoisotopic (exact) mass is 429 g/mol. The number of aromatic nitrogens is 2. The highest BCUT2D eigenvalue weighted by Crippen LogP contribution is 2.23. The van der Waals surface area contributed by atoms with Crippen molar-refractivity contribution in [2.24, 2.45) is 0 Å². The minimum absolute atomic E-state index is 0.0157. The van der Waals surface area contributed by atoms with Gasteiger partial charge in [-0.2, -0.15) is 5.10 Å². The van der Waals surface area contributed by atoms with Crippen molar-refractivity contribution in [1.82, 2.24) is 15.1 Å². The molecule has 6 nitrogen and oxygen atoms in total. The number of amides is 1. The van der Waals surface area contributed by atoms with Gasteiger partial charge in [-0.05, 0) is 47.0 Å². The van der Waals surface area contributed by atoms with Crippen molar-refractivity contribution in [2.45, 2.75) is 31.5 Å². The second kappa shape index (κ2) is 6.10. The van der Waals surface area contributed by atoms with E-state index in [-0.39, 0.29) is 30.2 Å². The molecule has 0 spiro atoms. The third kappa shape index (κ3) is 3.09. The Kier molecular flexibility index (Phi) is 4.33. The van der Waals surface area contributed by atoms with E-state index in [1.54, 1.807) is 18.2 Å². The first kappa shape index (κ1) is 15.6. The lowest BCUT2D eigenvalue weighted by atomic mass is 9.89. The van der Waals surface area contributed by atoms with Gasteiger partial charge in [-0.3, -0.25) is 9.59 Å². The number of hydrogen-bond acceptors (Lipinski definition) is 4. The van der Waals surface area contributed by atoms with Crippen LogP contribution >= 0.6 is 31.9 Å². The van der Waals surface area contributed by atoms with Crippen molar-refractivity contribution in [3.63, 3.8) is 0 Å². The number of halogens is 2. The van der Waals surface area contributed by atoms with Crippen LogP contribution in [-0.4, -0.2) is 32.9 Å². The van der Waals surface area contributed by atoms with Gasteiger partial charge in [0.25, 0.3) is 5.56 Å². The fraction of sp³-hybridized carbons (Fsp3) is 0.357. The van der Waals surface area contributed by atoms with E-state index in [1.807, 2.05) is 0 Å². The molecule has 0 aliphatic heterocycles. The molecule has 1 aliphatic carbocycles. The van der Waals surface area contributed by atoms with Gasteiger partial charge in [-0.25, -0.2) is 4.68 Å². The molecule has 0 atom stereocenters. The summed E-state index contributed by atoms with van der Waals surface area (Å²) >= 11 is 6.69. The lowest BCUT2D eigenvalue weighted by Crippen LogP contribution is -2.48. The van der Waals surface area contributed by atoms with Crippen LogP contribution in [0.2, 0.25) is 0 Å². The molecule has 1 fully saturated rings. The molecule has 0 unspecified atom stereocenters. The van der Waals surface area contributed by atoms with Gasteiger partial charge < -0.3 is 10.4 Å². The third-order valence-corrected chi connectivity index (χ3v) is 4.73. The van der Waals surface area contributed by atoms with Crippen LogP contribution in [0.4, 0.5) is 0 Å². The lowest BCUT2D eigenvalue weighted by Gasteiger charge is -2.31.